The van der Waals surface area contributed by atoms with Crippen LogP contribution in [0.15, 0.2) is 78.9 Å². The smallest absolute Gasteiger partial charge is 0.265 e. The fourth-order valence-corrected chi connectivity index (χ4v) is 2.72. The van der Waals surface area contributed by atoms with E-state index in [0.29, 0.717) is 22.6 Å². The van der Waals surface area contributed by atoms with Crippen LogP contribution >= 0.6 is 0 Å². The van der Waals surface area contributed by atoms with Crippen molar-refractivity contribution in [2.24, 2.45) is 0 Å². The number of aryl methyl sites for hydroxylation is 1. The molecule has 0 bridgehead atoms. The monoisotopic (exact) mass is 359 g/mol. The molecule has 0 aliphatic carbocycles. The molecule has 0 saturated heterocycles. The molecule has 4 heteroatoms. The molecule has 4 nitrogen and oxygen atoms in total. The predicted molar refractivity (Wildman–Crippen MR) is 106 cm³/mol. The van der Waals surface area contributed by atoms with Crippen molar-refractivity contribution in [2.75, 3.05) is 5.32 Å². The first-order valence-electron chi connectivity index (χ1n) is 8.77. The lowest BCUT2D eigenvalue weighted by molar-refractivity contribution is -0.122. The van der Waals surface area contributed by atoms with E-state index in [1.54, 1.807) is 43.3 Å². The summed E-state index contributed by atoms with van der Waals surface area (Å²) in [7, 11) is 0. The van der Waals surface area contributed by atoms with E-state index in [4.69, 9.17) is 4.74 Å². The van der Waals surface area contributed by atoms with E-state index in [9.17, 15) is 9.59 Å². The van der Waals surface area contributed by atoms with E-state index in [1.165, 1.54) is 0 Å². The number of nitrogens with one attached hydrogen (secondary N) is 1. The predicted octanol–water partition coefficient (Wildman–Crippen LogP) is 4.63. The summed E-state index contributed by atoms with van der Waals surface area (Å²) in [6.45, 7) is 3.64. The van der Waals surface area contributed by atoms with Gasteiger partial charge in [-0.15, -0.1) is 0 Å². The Labute approximate surface area is 158 Å². The number of hydrogen-bond acceptors (Lipinski definition) is 3. The topological polar surface area (TPSA) is 55.4 Å². The van der Waals surface area contributed by atoms with Gasteiger partial charge in [0.1, 0.15) is 5.75 Å². The molecule has 0 aliphatic heterocycles. The number of hydrogen-bond donors (Lipinski definition) is 1. The molecule has 136 valence electrons. The molecule has 0 fully saturated rings. The molecule has 0 unspecified atom stereocenters. The summed E-state index contributed by atoms with van der Waals surface area (Å²) < 4.78 is 5.72. The van der Waals surface area contributed by atoms with Crippen LogP contribution < -0.4 is 10.1 Å². The minimum absolute atomic E-state index is 0.140. The van der Waals surface area contributed by atoms with Gasteiger partial charge in [0.25, 0.3) is 5.91 Å². The number of rotatable bonds is 6. The fourth-order valence-electron chi connectivity index (χ4n) is 2.72. The van der Waals surface area contributed by atoms with Crippen molar-refractivity contribution >= 4 is 17.4 Å². The molecule has 0 saturated carbocycles. The summed E-state index contributed by atoms with van der Waals surface area (Å²) >= 11 is 0. The van der Waals surface area contributed by atoms with Crippen molar-refractivity contribution in [1.82, 2.24) is 0 Å². The minimum atomic E-state index is -0.702. The molecule has 1 amide bonds. The van der Waals surface area contributed by atoms with Crippen molar-refractivity contribution in [3.63, 3.8) is 0 Å². The Hall–Kier alpha value is -3.40. The third-order valence-corrected chi connectivity index (χ3v) is 4.14. The number of carbonyl (C=O) groups is 2. The number of ether oxygens (including phenoxy) is 1. The van der Waals surface area contributed by atoms with Gasteiger partial charge in [-0.25, -0.2) is 0 Å². The molecule has 3 aromatic rings. The molecule has 0 aromatic heterocycles. The third-order valence-electron chi connectivity index (χ3n) is 4.14. The lowest BCUT2D eigenvalue weighted by Crippen LogP contribution is -2.30. The first-order chi connectivity index (χ1) is 13.0. The van der Waals surface area contributed by atoms with E-state index < -0.39 is 6.10 Å². The maximum atomic E-state index is 12.8. The second kappa shape index (κ2) is 8.32. The van der Waals surface area contributed by atoms with Crippen LogP contribution in [-0.2, 0) is 4.79 Å². The van der Waals surface area contributed by atoms with E-state index in [0.717, 1.165) is 5.56 Å². The highest BCUT2D eigenvalue weighted by Crippen LogP contribution is 2.20. The average molecular weight is 359 g/mol. The first-order valence-corrected chi connectivity index (χ1v) is 8.77. The number of para-hydroxylation sites is 1. The standard InChI is InChI=1S/C23H21NO3/c1-16-9-8-12-19(15-16)27-17(2)23(26)24-21-14-7-6-13-20(21)22(25)18-10-4-3-5-11-18/h3-15,17H,1-2H3,(H,24,26)/t17-/m1/s1. The van der Waals surface area contributed by atoms with Crippen LogP contribution in [0.4, 0.5) is 5.69 Å². The molecule has 0 spiro atoms. The largest absolute Gasteiger partial charge is 0.481 e. The van der Waals surface area contributed by atoms with E-state index in [-0.39, 0.29) is 11.7 Å². The molecule has 0 heterocycles. The van der Waals surface area contributed by atoms with Gasteiger partial charge in [-0.3, -0.25) is 9.59 Å². The van der Waals surface area contributed by atoms with Crippen LogP contribution in [0.1, 0.15) is 28.4 Å². The van der Waals surface area contributed by atoms with Crippen LogP contribution in [0.3, 0.4) is 0 Å². The minimum Gasteiger partial charge on any atom is -0.481 e. The SMILES string of the molecule is Cc1cccc(O[C@H](C)C(=O)Nc2ccccc2C(=O)c2ccccc2)c1. The van der Waals surface area contributed by atoms with Crippen molar-refractivity contribution in [1.29, 1.82) is 0 Å². The summed E-state index contributed by atoms with van der Waals surface area (Å²) in [5.74, 6) is 0.176. The molecule has 1 atom stereocenters. The van der Waals surface area contributed by atoms with Gasteiger partial charge < -0.3 is 10.1 Å². The van der Waals surface area contributed by atoms with Crippen molar-refractivity contribution < 1.29 is 14.3 Å². The Morgan fingerprint density at radius 3 is 2.33 bits per heavy atom. The fraction of sp³-hybridized carbons (Fsp3) is 0.130. The molecule has 0 aliphatic rings. The molecular weight excluding hydrogens is 338 g/mol. The maximum Gasteiger partial charge on any atom is 0.265 e. The number of carbonyl (C=O) groups excluding carboxylic acids is 2. The van der Waals surface area contributed by atoms with E-state index in [1.807, 2.05) is 49.4 Å². The molecular formula is C23H21NO3. The lowest BCUT2D eigenvalue weighted by Gasteiger charge is -2.16. The van der Waals surface area contributed by atoms with Crippen molar-refractivity contribution in [3.05, 3.63) is 95.6 Å². The van der Waals surface area contributed by atoms with Gasteiger partial charge >= 0.3 is 0 Å². The van der Waals surface area contributed by atoms with Gasteiger partial charge in [-0.2, -0.15) is 0 Å². The highest BCUT2D eigenvalue weighted by atomic mass is 16.5. The Balaban J connectivity index is 1.75. The van der Waals surface area contributed by atoms with Crippen LogP contribution in [0.25, 0.3) is 0 Å². The van der Waals surface area contributed by atoms with Crippen molar-refractivity contribution in [3.8, 4) is 5.75 Å². The Morgan fingerprint density at radius 2 is 1.59 bits per heavy atom. The van der Waals surface area contributed by atoms with Gasteiger partial charge in [0.15, 0.2) is 11.9 Å². The zero-order chi connectivity index (χ0) is 19.2. The van der Waals surface area contributed by atoms with Gasteiger partial charge in [0, 0.05) is 11.1 Å². The number of benzene rings is 3. The van der Waals surface area contributed by atoms with Gasteiger partial charge in [-0.1, -0.05) is 54.6 Å². The Morgan fingerprint density at radius 1 is 0.889 bits per heavy atom. The molecule has 1 N–H and O–H groups in total. The second-order valence-corrected chi connectivity index (χ2v) is 6.31. The van der Waals surface area contributed by atoms with Gasteiger partial charge in [0.2, 0.25) is 0 Å². The second-order valence-electron chi connectivity index (χ2n) is 6.31. The van der Waals surface area contributed by atoms with Gasteiger partial charge in [0.05, 0.1) is 5.69 Å². The van der Waals surface area contributed by atoms with E-state index >= 15 is 0 Å². The zero-order valence-corrected chi connectivity index (χ0v) is 15.3. The molecule has 27 heavy (non-hydrogen) atoms. The first kappa shape index (κ1) is 18.4. The maximum absolute atomic E-state index is 12.8. The lowest BCUT2D eigenvalue weighted by atomic mass is 10.0. The Kier molecular flexibility index (Phi) is 5.67. The quantitative estimate of drug-likeness (QED) is 0.653. The average Bonchev–Trinajstić information content (AvgIpc) is 2.68. The van der Waals surface area contributed by atoms with E-state index in [2.05, 4.69) is 5.32 Å². The third kappa shape index (κ3) is 4.61. The number of anilines is 1. The highest BCUT2D eigenvalue weighted by Gasteiger charge is 2.19. The molecule has 3 rings (SSSR count). The number of ketones is 1. The van der Waals surface area contributed by atoms with Crippen LogP contribution in [-0.4, -0.2) is 17.8 Å². The summed E-state index contributed by atoms with van der Waals surface area (Å²) in [6.07, 6.45) is -0.702. The highest BCUT2D eigenvalue weighted by molar-refractivity contribution is 6.14. The molecule has 3 aromatic carbocycles. The van der Waals surface area contributed by atoms with Crippen LogP contribution in [0.2, 0.25) is 0 Å². The van der Waals surface area contributed by atoms with Crippen LogP contribution in [0, 0.1) is 6.92 Å². The van der Waals surface area contributed by atoms with Crippen molar-refractivity contribution in [2.45, 2.75) is 20.0 Å². The summed E-state index contributed by atoms with van der Waals surface area (Å²) in [5.41, 5.74) is 2.54. The van der Waals surface area contributed by atoms with Crippen LogP contribution in [0.5, 0.6) is 5.75 Å². The van der Waals surface area contributed by atoms with Gasteiger partial charge in [-0.05, 0) is 43.7 Å². The summed E-state index contributed by atoms with van der Waals surface area (Å²) in [4.78, 5) is 25.3. The molecule has 0 radical (unpaired) electrons. The number of amides is 1. The zero-order valence-electron chi connectivity index (χ0n) is 15.3. The normalized spacial score (nSPS) is 11.5. The summed E-state index contributed by atoms with van der Waals surface area (Å²) in [6, 6.07) is 23.5. The summed E-state index contributed by atoms with van der Waals surface area (Å²) in [5, 5.41) is 2.81. The Bertz CT molecular complexity index is 951.